The van der Waals surface area contributed by atoms with E-state index in [4.69, 9.17) is 5.11 Å². The molecule has 148 valence electrons. The largest absolute Gasteiger partial charge is 0.478 e. The van der Waals surface area contributed by atoms with Gasteiger partial charge < -0.3 is 10.4 Å². The molecule has 0 spiro atoms. The van der Waals surface area contributed by atoms with Crippen molar-refractivity contribution >= 4 is 19.7 Å². The summed E-state index contributed by atoms with van der Waals surface area (Å²) in [5.74, 6) is -0.870. The third kappa shape index (κ3) is 10.6. The molecule has 0 saturated heterocycles. The number of rotatable bonds is 15. The summed E-state index contributed by atoms with van der Waals surface area (Å²) in [6.45, 7) is 8.30. The Hall–Kier alpha value is -1.29. The maximum Gasteiger partial charge on any atom is 0.335 e. The minimum absolute atomic E-state index is 0.342. The van der Waals surface area contributed by atoms with Crippen LogP contribution in [0.15, 0.2) is 24.3 Å². The lowest BCUT2D eigenvalue weighted by Crippen LogP contribution is -2.25. The van der Waals surface area contributed by atoms with Gasteiger partial charge in [0.1, 0.15) is 0 Å². The molecule has 0 aromatic heterocycles. The van der Waals surface area contributed by atoms with Crippen LogP contribution in [0.2, 0.25) is 25.2 Å². The maximum atomic E-state index is 10.9. The molecule has 2 N–H and O–H groups in total. The number of unbranched alkanes of at least 4 members (excludes halogenated alkanes) is 7. The molecule has 1 aromatic rings. The van der Waals surface area contributed by atoms with Gasteiger partial charge in [0.25, 0.3) is 0 Å². The molecule has 0 unspecified atom stereocenters. The van der Waals surface area contributed by atoms with E-state index in [-0.39, 0.29) is 0 Å². The van der Waals surface area contributed by atoms with Crippen LogP contribution in [-0.4, -0.2) is 25.7 Å². The molecule has 1 rings (SSSR count). The van der Waals surface area contributed by atoms with Crippen molar-refractivity contribution in [1.82, 2.24) is 0 Å². The Morgan fingerprint density at radius 1 is 0.885 bits per heavy atom. The zero-order valence-corrected chi connectivity index (χ0v) is 18.2. The fraction of sp³-hybridized carbons (Fsp3) is 0.682. The molecule has 0 aliphatic heterocycles. The van der Waals surface area contributed by atoms with Crippen LogP contribution in [0.5, 0.6) is 0 Å². The van der Waals surface area contributed by atoms with Gasteiger partial charge in [-0.25, -0.2) is 4.79 Å². The number of anilines is 1. The zero-order valence-electron chi connectivity index (χ0n) is 17.2. The van der Waals surface area contributed by atoms with E-state index in [0.717, 1.165) is 12.2 Å². The smallest absolute Gasteiger partial charge is 0.335 e. The summed E-state index contributed by atoms with van der Waals surface area (Å²) in [7, 11) is -1.06. The molecule has 0 amide bonds. The Kier molecular flexibility index (Phi) is 11.3. The van der Waals surface area contributed by atoms with E-state index >= 15 is 0 Å². The zero-order chi connectivity index (χ0) is 19.3. The van der Waals surface area contributed by atoms with Gasteiger partial charge in [0, 0.05) is 20.3 Å². The van der Waals surface area contributed by atoms with Gasteiger partial charge in [-0.2, -0.15) is 0 Å². The standard InChI is InChI=1S/C22H39NO2Si/c1-4-5-6-7-8-9-10-11-18-26(2,3)19-12-17-23-21-15-13-20(14-16-21)22(24)25/h13-16,23H,4-12,17-19H2,1-3H3,(H,24,25). The number of hydrogen-bond donors (Lipinski definition) is 2. The lowest BCUT2D eigenvalue weighted by molar-refractivity contribution is 0.0697. The number of carboxylic acid groups (broad SMARTS) is 1. The summed E-state index contributed by atoms with van der Waals surface area (Å²) in [5.41, 5.74) is 1.35. The molecule has 0 bridgehead atoms. The summed E-state index contributed by atoms with van der Waals surface area (Å²) in [6, 6.07) is 9.84. The van der Waals surface area contributed by atoms with E-state index in [1.807, 2.05) is 12.1 Å². The second-order valence-corrected chi connectivity index (χ2v) is 13.6. The van der Waals surface area contributed by atoms with Gasteiger partial charge >= 0.3 is 5.97 Å². The molecule has 4 heteroatoms. The molecule has 0 radical (unpaired) electrons. The fourth-order valence-electron chi connectivity index (χ4n) is 3.39. The van der Waals surface area contributed by atoms with E-state index in [2.05, 4.69) is 25.3 Å². The van der Waals surface area contributed by atoms with Gasteiger partial charge in [0.15, 0.2) is 0 Å². The van der Waals surface area contributed by atoms with Crippen LogP contribution < -0.4 is 5.32 Å². The molecule has 26 heavy (non-hydrogen) atoms. The Labute approximate surface area is 161 Å². The average Bonchev–Trinajstić information content (AvgIpc) is 2.61. The molecule has 0 aliphatic rings. The van der Waals surface area contributed by atoms with E-state index in [0.29, 0.717) is 5.56 Å². The predicted molar refractivity (Wildman–Crippen MR) is 116 cm³/mol. The third-order valence-corrected chi connectivity index (χ3v) is 8.61. The first-order valence-corrected chi connectivity index (χ1v) is 13.9. The monoisotopic (exact) mass is 377 g/mol. The Morgan fingerprint density at radius 3 is 2.00 bits per heavy atom. The van der Waals surface area contributed by atoms with Crippen LogP contribution in [-0.2, 0) is 0 Å². The lowest BCUT2D eigenvalue weighted by Gasteiger charge is -2.22. The van der Waals surface area contributed by atoms with E-state index in [1.54, 1.807) is 12.1 Å². The fourth-order valence-corrected chi connectivity index (χ4v) is 5.98. The van der Waals surface area contributed by atoms with Crippen LogP contribution in [0, 0.1) is 0 Å². The number of benzene rings is 1. The van der Waals surface area contributed by atoms with Gasteiger partial charge in [-0.05, 0) is 30.7 Å². The molecule has 0 aliphatic carbocycles. The Morgan fingerprint density at radius 2 is 1.42 bits per heavy atom. The van der Waals surface area contributed by atoms with E-state index in [1.165, 1.54) is 69.9 Å². The highest BCUT2D eigenvalue weighted by Crippen LogP contribution is 2.22. The molecule has 0 fully saturated rings. The summed E-state index contributed by atoms with van der Waals surface area (Å²) in [5, 5.41) is 12.3. The van der Waals surface area contributed by atoms with Crippen LogP contribution in [0.25, 0.3) is 0 Å². The average molecular weight is 378 g/mol. The van der Waals surface area contributed by atoms with Crippen LogP contribution in [0.3, 0.4) is 0 Å². The highest BCUT2D eigenvalue weighted by Gasteiger charge is 2.19. The second-order valence-electron chi connectivity index (χ2n) is 8.30. The highest BCUT2D eigenvalue weighted by atomic mass is 28.3. The van der Waals surface area contributed by atoms with Crippen molar-refractivity contribution in [2.75, 3.05) is 11.9 Å². The van der Waals surface area contributed by atoms with Gasteiger partial charge in [0.05, 0.1) is 5.56 Å². The highest BCUT2D eigenvalue weighted by molar-refractivity contribution is 6.77. The first-order valence-electron chi connectivity index (χ1n) is 10.5. The van der Waals surface area contributed by atoms with Gasteiger partial charge in [-0.3, -0.25) is 0 Å². The molecular formula is C22H39NO2Si. The first kappa shape index (κ1) is 22.7. The summed E-state index contributed by atoms with van der Waals surface area (Å²) < 4.78 is 0. The summed E-state index contributed by atoms with van der Waals surface area (Å²) in [6.07, 6.45) is 12.5. The number of hydrogen-bond acceptors (Lipinski definition) is 2. The predicted octanol–water partition coefficient (Wildman–Crippen LogP) is 7.04. The molecule has 0 atom stereocenters. The molecule has 0 saturated carbocycles. The SMILES string of the molecule is CCCCCCCCCC[Si](C)(C)CCCNc1ccc(C(=O)O)cc1. The van der Waals surface area contributed by atoms with Gasteiger partial charge in [-0.1, -0.05) is 83.5 Å². The Balaban J connectivity index is 2.08. The normalized spacial score (nSPS) is 11.5. The number of carbonyl (C=O) groups is 1. The van der Waals surface area contributed by atoms with Crippen LogP contribution >= 0.6 is 0 Å². The summed E-state index contributed by atoms with van der Waals surface area (Å²) >= 11 is 0. The van der Waals surface area contributed by atoms with Crippen LogP contribution in [0.1, 0.15) is 75.1 Å². The van der Waals surface area contributed by atoms with Crippen molar-refractivity contribution in [1.29, 1.82) is 0 Å². The molecule has 0 heterocycles. The minimum atomic E-state index is -1.06. The quantitative estimate of drug-likeness (QED) is 0.255. The van der Waals surface area contributed by atoms with Crippen molar-refractivity contribution in [2.24, 2.45) is 0 Å². The Bertz CT molecular complexity index is 499. The molecule has 1 aromatic carbocycles. The van der Waals surface area contributed by atoms with Crippen molar-refractivity contribution in [3.8, 4) is 0 Å². The lowest BCUT2D eigenvalue weighted by atomic mass is 10.1. The van der Waals surface area contributed by atoms with E-state index in [9.17, 15) is 4.79 Å². The number of aromatic carboxylic acids is 1. The minimum Gasteiger partial charge on any atom is -0.478 e. The van der Waals surface area contributed by atoms with Crippen molar-refractivity contribution in [3.05, 3.63) is 29.8 Å². The van der Waals surface area contributed by atoms with Crippen LogP contribution in [0.4, 0.5) is 5.69 Å². The van der Waals surface area contributed by atoms with Gasteiger partial charge in [-0.15, -0.1) is 0 Å². The molecular weight excluding hydrogens is 338 g/mol. The summed E-state index contributed by atoms with van der Waals surface area (Å²) in [4.78, 5) is 10.9. The topological polar surface area (TPSA) is 49.3 Å². The maximum absolute atomic E-state index is 10.9. The van der Waals surface area contributed by atoms with Crippen molar-refractivity contribution < 1.29 is 9.90 Å². The number of nitrogens with one attached hydrogen (secondary N) is 1. The van der Waals surface area contributed by atoms with Crippen molar-refractivity contribution in [2.45, 2.75) is 89.9 Å². The van der Waals surface area contributed by atoms with Gasteiger partial charge in [0.2, 0.25) is 0 Å². The third-order valence-electron chi connectivity index (χ3n) is 5.20. The van der Waals surface area contributed by atoms with E-state index < -0.39 is 14.0 Å². The second kappa shape index (κ2) is 13.0. The first-order chi connectivity index (χ1) is 12.4. The molecule has 3 nitrogen and oxygen atoms in total. The number of carboxylic acids is 1. The van der Waals surface area contributed by atoms with Crippen molar-refractivity contribution in [3.63, 3.8) is 0 Å².